The summed E-state index contributed by atoms with van der Waals surface area (Å²) in [7, 11) is 0. The van der Waals surface area contributed by atoms with Crippen LogP contribution >= 0.6 is 0 Å². The van der Waals surface area contributed by atoms with Crippen molar-refractivity contribution in [2.45, 2.75) is 19.4 Å². The number of nitrogens with zero attached hydrogens (tertiary/aromatic N) is 2. The van der Waals surface area contributed by atoms with E-state index in [9.17, 15) is 19.6 Å². The van der Waals surface area contributed by atoms with Gasteiger partial charge in [-0.05, 0) is 42.3 Å². The highest BCUT2D eigenvalue weighted by atomic mass is 19.1. The summed E-state index contributed by atoms with van der Waals surface area (Å²) in [5.41, 5.74) is 4.53. The second-order valence-electron chi connectivity index (χ2n) is 9.22. The zero-order valence-corrected chi connectivity index (χ0v) is 21.8. The Morgan fingerprint density at radius 2 is 1.70 bits per heavy atom. The van der Waals surface area contributed by atoms with E-state index in [0.717, 1.165) is 22.4 Å². The van der Waals surface area contributed by atoms with Gasteiger partial charge in [-0.2, -0.15) is 5.26 Å². The van der Waals surface area contributed by atoms with Gasteiger partial charge in [0.2, 0.25) is 0 Å². The van der Waals surface area contributed by atoms with Gasteiger partial charge in [0.05, 0.1) is 23.5 Å². The van der Waals surface area contributed by atoms with Gasteiger partial charge >= 0.3 is 5.97 Å². The Bertz CT molecular complexity index is 1710. The van der Waals surface area contributed by atoms with Gasteiger partial charge < -0.3 is 15.2 Å². The Morgan fingerprint density at radius 1 is 1.00 bits per heavy atom. The monoisotopic (exact) mass is 531 g/mol. The minimum Gasteiger partial charge on any atom is -0.493 e. The fourth-order valence-electron chi connectivity index (χ4n) is 4.72. The topological polar surface area (TPSA) is 95.2 Å². The molecule has 1 atom stereocenters. The number of hydrogen-bond acceptors (Lipinski definition) is 5. The molecule has 0 saturated carbocycles. The molecule has 0 aliphatic heterocycles. The van der Waals surface area contributed by atoms with Crippen LogP contribution in [0.3, 0.4) is 0 Å². The van der Waals surface area contributed by atoms with Crippen LogP contribution in [0.2, 0.25) is 0 Å². The maximum absolute atomic E-state index is 14.3. The second kappa shape index (κ2) is 11.7. The lowest BCUT2D eigenvalue weighted by molar-refractivity contribution is -0.137. The molecule has 0 spiro atoms. The van der Waals surface area contributed by atoms with Crippen LogP contribution in [0.5, 0.6) is 5.75 Å². The van der Waals surface area contributed by atoms with Crippen molar-refractivity contribution < 1.29 is 19.0 Å². The van der Waals surface area contributed by atoms with Gasteiger partial charge in [0.15, 0.2) is 0 Å². The molecule has 0 amide bonds. The number of fused-ring (bicyclic) bond motifs is 1. The fraction of sp³-hybridized carbons (Fsp3) is 0.121. The van der Waals surface area contributed by atoms with E-state index in [0.29, 0.717) is 28.8 Å². The van der Waals surface area contributed by atoms with Crippen molar-refractivity contribution in [1.29, 1.82) is 5.26 Å². The van der Waals surface area contributed by atoms with Crippen LogP contribution in [0, 0.1) is 17.1 Å². The standard InChI is InChI=1S/C33H26FN3O3/c1-2-40-30-11-7-6-10-25(30)22-12-14-23(15-13-22)31-27(20-35)32(26-19-24(34)16-17-28(26)36-31)37-29(33(38)39)18-21-8-4-3-5-9-21/h3-17,19,29H,2,18H2,1H3,(H,36,37)(H,38,39)/t29-/m0/s1. The number of rotatable bonds is 9. The summed E-state index contributed by atoms with van der Waals surface area (Å²) in [5.74, 6) is -0.833. The molecule has 4 aromatic carbocycles. The van der Waals surface area contributed by atoms with Gasteiger partial charge in [-0.25, -0.2) is 14.2 Å². The molecule has 1 aromatic heterocycles. The summed E-state index contributed by atoms with van der Waals surface area (Å²) >= 11 is 0. The van der Waals surface area contributed by atoms with Gasteiger partial charge in [0.1, 0.15) is 29.2 Å². The smallest absolute Gasteiger partial charge is 0.326 e. The summed E-state index contributed by atoms with van der Waals surface area (Å²) in [6.45, 7) is 2.47. The van der Waals surface area contributed by atoms with Gasteiger partial charge in [0.25, 0.3) is 0 Å². The van der Waals surface area contributed by atoms with Crippen molar-refractivity contribution in [3.8, 4) is 34.2 Å². The predicted octanol–water partition coefficient (Wildman–Crippen LogP) is 7.09. The molecular formula is C33H26FN3O3. The van der Waals surface area contributed by atoms with Crippen molar-refractivity contribution in [3.05, 3.63) is 114 Å². The minimum absolute atomic E-state index is 0.139. The first-order chi connectivity index (χ1) is 19.5. The number of aliphatic carboxylic acids is 1. The Kier molecular flexibility index (Phi) is 7.70. The van der Waals surface area contributed by atoms with E-state index in [1.165, 1.54) is 18.2 Å². The molecule has 5 rings (SSSR count). The number of benzene rings is 4. The third-order valence-electron chi connectivity index (χ3n) is 6.61. The zero-order chi connectivity index (χ0) is 28.1. The van der Waals surface area contributed by atoms with Gasteiger partial charge in [-0.3, -0.25) is 0 Å². The predicted molar refractivity (Wildman–Crippen MR) is 154 cm³/mol. The third kappa shape index (κ3) is 5.47. The molecule has 40 heavy (non-hydrogen) atoms. The molecule has 6 nitrogen and oxygen atoms in total. The maximum Gasteiger partial charge on any atom is 0.326 e. The molecule has 198 valence electrons. The largest absolute Gasteiger partial charge is 0.493 e. The van der Waals surface area contributed by atoms with Gasteiger partial charge in [-0.1, -0.05) is 72.8 Å². The highest BCUT2D eigenvalue weighted by Crippen LogP contribution is 2.36. The van der Waals surface area contributed by atoms with Crippen molar-refractivity contribution >= 4 is 22.6 Å². The number of para-hydroxylation sites is 1. The van der Waals surface area contributed by atoms with Crippen LogP contribution < -0.4 is 10.1 Å². The van der Waals surface area contributed by atoms with Crippen molar-refractivity contribution in [2.24, 2.45) is 0 Å². The number of halogens is 1. The van der Waals surface area contributed by atoms with Crippen LogP contribution in [0.25, 0.3) is 33.3 Å². The van der Waals surface area contributed by atoms with Gasteiger partial charge in [0, 0.05) is 22.9 Å². The first-order valence-electron chi connectivity index (χ1n) is 12.9. The van der Waals surface area contributed by atoms with Crippen LogP contribution in [0.1, 0.15) is 18.1 Å². The molecular weight excluding hydrogens is 505 g/mol. The van der Waals surface area contributed by atoms with E-state index in [4.69, 9.17) is 9.72 Å². The van der Waals surface area contributed by atoms with E-state index in [1.807, 2.05) is 85.8 Å². The van der Waals surface area contributed by atoms with Crippen molar-refractivity contribution in [1.82, 2.24) is 4.98 Å². The Labute approximate surface area is 231 Å². The molecule has 5 aromatic rings. The highest BCUT2D eigenvalue weighted by Gasteiger charge is 2.24. The molecule has 0 saturated heterocycles. The lowest BCUT2D eigenvalue weighted by Crippen LogP contribution is -2.32. The number of carboxylic acids is 1. The number of aromatic nitrogens is 1. The normalized spacial score (nSPS) is 11.5. The molecule has 0 aliphatic carbocycles. The van der Waals surface area contributed by atoms with E-state index >= 15 is 0 Å². The van der Waals surface area contributed by atoms with E-state index < -0.39 is 17.8 Å². The summed E-state index contributed by atoms with van der Waals surface area (Å²) in [6.07, 6.45) is 0.170. The summed E-state index contributed by atoms with van der Waals surface area (Å²) in [4.78, 5) is 17.0. The second-order valence-corrected chi connectivity index (χ2v) is 9.22. The molecule has 0 radical (unpaired) electrons. The van der Waals surface area contributed by atoms with Crippen LogP contribution in [0.15, 0.2) is 97.1 Å². The number of nitrogens with one attached hydrogen (secondary N) is 1. The number of nitriles is 1. The zero-order valence-electron chi connectivity index (χ0n) is 21.8. The quantitative estimate of drug-likeness (QED) is 0.211. The Balaban J connectivity index is 1.61. The average Bonchev–Trinajstić information content (AvgIpc) is 2.97. The Hall–Kier alpha value is -5.22. The molecule has 0 aliphatic rings. The van der Waals surface area contributed by atoms with E-state index in [1.54, 1.807) is 0 Å². The number of anilines is 1. The van der Waals surface area contributed by atoms with Crippen molar-refractivity contribution in [2.75, 3.05) is 11.9 Å². The maximum atomic E-state index is 14.3. The summed E-state index contributed by atoms with van der Waals surface area (Å²) < 4.78 is 20.1. The lowest BCUT2D eigenvalue weighted by atomic mass is 9.97. The van der Waals surface area contributed by atoms with E-state index in [-0.39, 0.29) is 17.7 Å². The number of hydrogen-bond donors (Lipinski definition) is 2. The van der Waals surface area contributed by atoms with Crippen LogP contribution in [0.4, 0.5) is 10.1 Å². The number of carboxylic acid groups (broad SMARTS) is 1. The van der Waals surface area contributed by atoms with Crippen LogP contribution in [-0.4, -0.2) is 28.7 Å². The summed E-state index contributed by atoms with van der Waals surface area (Å²) in [5, 5.41) is 23.7. The molecule has 0 fully saturated rings. The molecule has 2 N–H and O–H groups in total. The highest BCUT2D eigenvalue weighted by molar-refractivity contribution is 5.99. The molecule has 0 bridgehead atoms. The van der Waals surface area contributed by atoms with Crippen LogP contribution in [-0.2, 0) is 11.2 Å². The fourth-order valence-corrected chi connectivity index (χ4v) is 4.72. The molecule has 0 unspecified atom stereocenters. The number of pyridine rings is 1. The average molecular weight is 532 g/mol. The molecule has 7 heteroatoms. The van der Waals surface area contributed by atoms with E-state index in [2.05, 4.69) is 11.4 Å². The summed E-state index contributed by atoms with van der Waals surface area (Å²) in [6, 6.07) is 29.7. The SMILES string of the molecule is CCOc1ccccc1-c1ccc(-c2nc3ccc(F)cc3c(N[C@@H](Cc3ccccc3)C(=O)O)c2C#N)cc1. The van der Waals surface area contributed by atoms with Gasteiger partial charge in [-0.15, -0.1) is 0 Å². The number of carbonyl (C=O) groups is 1. The third-order valence-corrected chi connectivity index (χ3v) is 6.61. The molecule has 1 heterocycles. The first kappa shape index (κ1) is 26.4. The minimum atomic E-state index is -1.09. The Morgan fingerprint density at radius 3 is 2.40 bits per heavy atom. The number of ether oxygens (including phenoxy) is 1. The van der Waals surface area contributed by atoms with Crippen molar-refractivity contribution in [3.63, 3.8) is 0 Å². The first-order valence-corrected chi connectivity index (χ1v) is 12.9. The lowest BCUT2D eigenvalue weighted by Gasteiger charge is -2.20.